The average Bonchev–Trinajstić information content (AvgIpc) is 2.98. The predicted molar refractivity (Wildman–Crippen MR) is 82.5 cm³/mol. The van der Waals surface area contributed by atoms with Crippen LogP contribution in [0.2, 0.25) is 0 Å². The van der Waals surface area contributed by atoms with Crippen LogP contribution in [0.4, 0.5) is 10.5 Å². The monoisotopic (exact) mass is 304 g/mol. The molecule has 1 aromatic carbocycles. The summed E-state index contributed by atoms with van der Waals surface area (Å²) < 4.78 is 6.64. The van der Waals surface area contributed by atoms with Crippen molar-refractivity contribution in [3.8, 4) is 0 Å². The van der Waals surface area contributed by atoms with E-state index in [-0.39, 0.29) is 6.61 Å². The number of ether oxygens (including phenoxy) is 1. The van der Waals surface area contributed by atoms with Gasteiger partial charge >= 0.3 is 6.03 Å². The van der Waals surface area contributed by atoms with Crippen LogP contribution in [0.3, 0.4) is 0 Å². The number of urea groups is 1. The number of benzene rings is 1. The minimum Gasteiger partial charge on any atom is -0.394 e. The van der Waals surface area contributed by atoms with Gasteiger partial charge in [0.2, 0.25) is 0 Å². The molecule has 0 saturated heterocycles. The largest absolute Gasteiger partial charge is 0.394 e. The van der Waals surface area contributed by atoms with Crippen LogP contribution in [0.5, 0.6) is 0 Å². The van der Waals surface area contributed by atoms with Crippen LogP contribution in [-0.4, -0.2) is 41.2 Å². The summed E-state index contributed by atoms with van der Waals surface area (Å²) in [5, 5.41) is 18.9. The molecule has 0 saturated carbocycles. The molecule has 118 valence electrons. The second-order valence-electron chi connectivity index (χ2n) is 4.73. The minimum atomic E-state index is -0.454. The van der Waals surface area contributed by atoms with Gasteiger partial charge in [-0.05, 0) is 5.56 Å². The highest BCUT2D eigenvalue weighted by Gasteiger charge is 2.13. The zero-order chi connectivity index (χ0) is 15.8. The Kier molecular flexibility index (Phi) is 5.93. The molecule has 2 amide bonds. The number of nitrogens with one attached hydrogen (secondary N) is 2. The molecule has 7 nitrogen and oxygen atoms in total. The lowest BCUT2D eigenvalue weighted by Gasteiger charge is -2.16. The quantitative estimate of drug-likeness (QED) is 0.721. The van der Waals surface area contributed by atoms with Crippen molar-refractivity contribution in [1.29, 1.82) is 0 Å². The highest BCUT2D eigenvalue weighted by atomic mass is 16.5. The predicted octanol–water partition coefficient (Wildman–Crippen LogP) is 1.38. The van der Waals surface area contributed by atoms with Gasteiger partial charge in [-0.1, -0.05) is 30.3 Å². The zero-order valence-electron chi connectivity index (χ0n) is 12.4. The molecule has 0 aliphatic carbocycles. The summed E-state index contributed by atoms with van der Waals surface area (Å²) in [4.78, 5) is 12.0. The van der Waals surface area contributed by atoms with Gasteiger partial charge in [0.05, 0.1) is 37.7 Å². The number of anilines is 1. The molecule has 7 heteroatoms. The van der Waals surface area contributed by atoms with Crippen molar-refractivity contribution in [2.75, 3.05) is 25.6 Å². The van der Waals surface area contributed by atoms with Gasteiger partial charge in [0.1, 0.15) is 0 Å². The van der Waals surface area contributed by atoms with Crippen LogP contribution in [0, 0.1) is 0 Å². The number of hydrogen-bond donors (Lipinski definition) is 3. The van der Waals surface area contributed by atoms with Crippen molar-refractivity contribution in [3.05, 3.63) is 48.3 Å². The van der Waals surface area contributed by atoms with E-state index in [0.29, 0.717) is 18.8 Å². The van der Waals surface area contributed by atoms with Crippen molar-refractivity contribution < 1.29 is 14.6 Å². The molecule has 1 aromatic heterocycles. The van der Waals surface area contributed by atoms with E-state index in [4.69, 9.17) is 4.74 Å². The van der Waals surface area contributed by atoms with E-state index < -0.39 is 12.1 Å². The number of carbonyl (C=O) groups excluding carboxylic acids is 1. The zero-order valence-corrected chi connectivity index (χ0v) is 12.4. The molecular weight excluding hydrogens is 284 g/mol. The van der Waals surface area contributed by atoms with E-state index in [1.54, 1.807) is 24.2 Å². The fourth-order valence-electron chi connectivity index (χ4n) is 1.98. The first-order chi connectivity index (χ1) is 10.7. The smallest absolute Gasteiger partial charge is 0.319 e. The van der Waals surface area contributed by atoms with Gasteiger partial charge in [0, 0.05) is 13.3 Å². The van der Waals surface area contributed by atoms with Crippen molar-refractivity contribution in [3.63, 3.8) is 0 Å². The average molecular weight is 304 g/mol. The fraction of sp³-hybridized carbons (Fsp3) is 0.333. The van der Waals surface area contributed by atoms with Gasteiger partial charge in [-0.3, -0.25) is 4.68 Å². The minimum absolute atomic E-state index is 0.176. The Labute approximate surface area is 128 Å². The first-order valence-corrected chi connectivity index (χ1v) is 6.97. The maximum atomic E-state index is 12.0. The third-order valence-electron chi connectivity index (χ3n) is 3.11. The molecule has 2 aromatic rings. The van der Waals surface area contributed by atoms with E-state index in [2.05, 4.69) is 15.7 Å². The normalized spacial score (nSPS) is 11.9. The summed E-state index contributed by atoms with van der Waals surface area (Å²) in [6.45, 7) is 0.988. The van der Waals surface area contributed by atoms with Gasteiger partial charge < -0.3 is 20.5 Å². The third kappa shape index (κ3) is 4.57. The highest BCUT2D eigenvalue weighted by Crippen LogP contribution is 2.12. The highest BCUT2D eigenvalue weighted by molar-refractivity contribution is 5.89. The molecule has 0 spiro atoms. The second kappa shape index (κ2) is 8.16. The Morgan fingerprint density at radius 3 is 2.86 bits per heavy atom. The SMILES string of the molecule is COCCn1cc(NC(=O)NC(CO)c2ccccc2)cn1. The number of aliphatic hydroxyl groups excluding tert-OH is 1. The van der Waals surface area contributed by atoms with E-state index >= 15 is 0 Å². The summed E-state index contributed by atoms with van der Waals surface area (Å²) >= 11 is 0. The number of nitrogens with zero attached hydrogens (tertiary/aromatic N) is 2. The summed E-state index contributed by atoms with van der Waals surface area (Å²) in [5.74, 6) is 0. The summed E-state index contributed by atoms with van der Waals surface area (Å²) in [6.07, 6.45) is 3.28. The fourth-order valence-corrected chi connectivity index (χ4v) is 1.98. The van der Waals surface area contributed by atoms with Crippen LogP contribution in [0.15, 0.2) is 42.7 Å². The standard InChI is InChI=1S/C15H20N4O3/c1-22-8-7-19-10-13(9-16-19)17-15(21)18-14(11-20)12-5-3-2-4-6-12/h2-6,9-10,14,20H,7-8,11H2,1H3,(H2,17,18,21). The molecule has 0 fully saturated rings. The summed E-state index contributed by atoms with van der Waals surface area (Å²) in [7, 11) is 1.62. The van der Waals surface area contributed by atoms with Gasteiger partial charge in [0.25, 0.3) is 0 Å². The number of amides is 2. The van der Waals surface area contributed by atoms with Gasteiger partial charge in [0.15, 0.2) is 0 Å². The number of hydrogen-bond acceptors (Lipinski definition) is 4. The Morgan fingerprint density at radius 2 is 2.18 bits per heavy atom. The van der Waals surface area contributed by atoms with Gasteiger partial charge in [-0.15, -0.1) is 0 Å². The third-order valence-corrected chi connectivity index (χ3v) is 3.11. The topological polar surface area (TPSA) is 88.4 Å². The maximum Gasteiger partial charge on any atom is 0.319 e. The first kappa shape index (κ1) is 16.0. The Balaban J connectivity index is 1.90. The number of carbonyl (C=O) groups is 1. The molecule has 0 aliphatic rings. The molecular formula is C15H20N4O3. The molecule has 0 bridgehead atoms. The second-order valence-corrected chi connectivity index (χ2v) is 4.73. The van der Waals surface area contributed by atoms with E-state index in [9.17, 15) is 9.90 Å². The molecule has 2 rings (SSSR count). The Hall–Kier alpha value is -2.38. The lowest BCUT2D eigenvalue weighted by Crippen LogP contribution is -2.34. The molecule has 3 N–H and O–H groups in total. The number of rotatable bonds is 7. The number of aliphatic hydroxyl groups is 1. The van der Waals surface area contributed by atoms with Crippen molar-refractivity contribution in [2.24, 2.45) is 0 Å². The van der Waals surface area contributed by atoms with E-state index in [1.165, 1.54) is 0 Å². The van der Waals surface area contributed by atoms with Crippen molar-refractivity contribution >= 4 is 11.7 Å². The number of methoxy groups -OCH3 is 1. The first-order valence-electron chi connectivity index (χ1n) is 6.97. The van der Waals surface area contributed by atoms with Crippen LogP contribution < -0.4 is 10.6 Å². The van der Waals surface area contributed by atoms with Crippen molar-refractivity contribution in [2.45, 2.75) is 12.6 Å². The Bertz CT molecular complexity index is 585. The van der Waals surface area contributed by atoms with Crippen LogP contribution in [0.25, 0.3) is 0 Å². The lowest BCUT2D eigenvalue weighted by molar-refractivity contribution is 0.183. The number of aromatic nitrogens is 2. The van der Waals surface area contributed by atoms with Crippen LogP contribution in [0.1, 0.15) is 11.6 Å². The molecule has 0 aliphatic heterocycles. The van der Waals surface area contributed by atoms with Crippen LogP contribution >= 0.6 is 0 Å². The van der Waals surface area contributed by atoms with E-state index in [0.717, 1.165) is 5.56 Å². The van der Waals surface area contributed by atoms with Gasteiger partial charge in [-0.25, -0.2) is 4.79 Å². The molecule has 22 heavy (non-hydrogen) atoms. The molecule has 1 atom stereocenters. The molecule has 1 heterocycles. The van der Waals surface area contributed by atoms with E-state index in [1.807, 2.05) is 30.3 Å². The summed E-state index contributed by atoms with van der Waals surface area (Å²) in [5.41, 5.74) is 1.43. The summed E-state index contributed by atoms with van der Waals surface area (Å²) in [6, 6.07) is 8.45. The lowest BCUT2D eigenvalue weighted by atomic mass is 10.1. The van der Waals surface area contributed by atoms with Crippen molar-refractivity contribution in [1.82, 2.24) is 15.1 Å². The molecule has 0 radical (unpaired) electrons. The van der Waals surface area contributed by atoms with Gasteiger partial charge in [-0.2, -0.15) is 5.10 Å². The molecule has 1 unspecified atom stereocenters. The van der Waals surface area contributed by atoms with Crippen LogP contribution in [-0.2, 0) is 11.3 Å². The Morgan fingerprint density at radius 1 is 1.41 bits per heavy atom. The maximum absolute atomic E-state index is 12.0.